The van der Waals surface area contributed by atoms with Crippen molar-refractivity contribution in [3.63, 3.8) is 0 Å². The van der Waals surface area contributed by atoms with Gasteiger partial charge in [0.2, 0.25) is 0 Å². The summed E-state index contributed by atoms with van der Waals surface area (Å²) in [6.07, 6.45) is 0. The van der Waals surface area contributed by atoms with Gasteiger partial charge >= 0.3 is 0 Å². The van der Waals surface area contributed by atoms with Crippen LogP contribution >= 0.6 is 0 Å². The number of fused-ring (bicyclic) bond motifs is 6. The van der Waals surface area contributed by atoms with E-state index in [0.29, 0.717) is 0 Å². The van der Waals surface area contributed by atoms with Crippen molar-refractivity contribution in [1.82, 2.24) is 4.57 Å². The first-order valence-electron chi connectivity index (χ1n) is 15.8. The van der Waals surface area contributed by atoms with E-state index in [1.54, 1.807) is 0 Å². The number of para-hydroxylation sites is 1. The van der Waals surface area contributed by atoms with Crippen LogP contribution in [0.4, 0.5) is 17.1 Å². The Labute approximate surface area is 268 Å². The molecule has 0 fully saturated rings. The Morgan fingerprint density at radius 1 is 0.348 bits per heavy atom. The highest BCUT2D eigenvalue weighted by Gasteiger charge is 2.17. The molecule has 0 aliphatic heterocycles. The number of hydrogen-bond acceptors (Lipinski definition) is 1. The monoisotopic (exact) mass is 586 g/mol. The standard InChI is InChI=1S/C44H30N2/c1-2-10-31(11-3-1)33-18-22-36(23-19-33)45(39-24-20-32-12-4-5-14-35(32)30-39)37-25-27-38(28-26-37)46-42-17-9-8-16-41(42)44-40-15-7-6-13-34(40)21-29-43(44)46/h1-30H. The van der Waals surface area contributed by atoms with Crippen molar-refractivity contribution in [2.24, 2.45) is 0 Å². The van der Waals surface area contributed by atoms with E-state index in [1.165, 1.54) is 54.5 Å². The topological polar surface area (TPSA) is 8.17 Å². The van der Waals surface area contributed by atoms with Gasteiger partial charge in [-0.15, -0.1) is 0 Å². The second-order valence-corrected chi connectivity index (χ2v) is 11.8. The summed E-state index contributed by atoms with van der Waals surface area (Å²) in [7, 11) is 0. The summed E-state index contributed by atoms with van der Waals surface area (Å²) >= 11 is 0. The highest BCUT2D eigenvalue weighted by molar-refractivity contribution is 6.21. The molecule has 1 aromatic heterocycles. The Hall–Kier alpha value is -6.12. The Morgan fingerprint density at radius 3 is 1.70 bits per heavy atom. The number of aromatic nitrogens is 1. The number of anilines is 3. The predicted molar refractivity (Wildman–Crippen MR) is 196 cm³/mol. The molecule has 216 valence electrons. The van der Waals surface area contributed by atoms with Gasteiger partial charge in [0.1, 0.15) is 0 Å². The van der Waals surface area contributed by atoms with Crippen LogP contribution in [-0.4, -0.2) is 4.57 Å². The zero-order chi connectivity index (χ0) is 30.5. The van der Waals surface area contributed by atoms with E-state index in [4.69, 9.17) is 0 Å². The molecule has 46 heavy (non-hydrogen) atoms. The molecule has 0 spiro atoms. The lowest BCUT2D eigenvalue weighted by atomic mass is 10.0. The molecular weight excluding hydrogens is 556 g/mol. The minimum Gasteiger partial charge on any atom is -0.310 e. The van der Waals surface area contributed by atoms with E-state index < -0.39 is 0 Å². The normalized spacial score (nSPS) is 11.5. The molecule has 0 amide bonds. The van der Waals surface area contributed by atoms with Crippen molar-refractivity contribution < 1.29 is 0 Å². The molecule has 0 saturated carbocycles. The lowest BCUT2D eigenvalue weighted by Gasteiger charge is -2.26. The third-order valence-electron chi connectivity index (χ3n) is 9.15. The summed E-state index contributed by atoms with van der Waals surface area (Å²) < 4.78 is 2.40. The maximum Gasteiger partial charge on any atom is 0.0547 e. The summed E-state index contributed by atoms with van der Waals surface area (Å²) in [6, 6.07) is 65.7. The SMILES string of the molecule is c1ccc(-c2ccc(N(c3ccc(-n4c5ccccc5c5c6ccccc6ccc54)cc3)c3ccc4ccccc4c3)cc2)cc1. The Kier molecular flexibility index (Phi) is 6.17. The molecule has 9 aromatic rings. The van der Waals surface area contributed by atoms with Crippen LogP contribution in [0.5, 0.6) is 0 Å². The molecule has 0 unspecified atom stereocenters. The zero-order valence-electron chi connectivity index (χ0n) is 25.2. The van der Waals surface area contributed by atoms with Gasteiger partial charge in [-0.05, 0) is 93.3 Å². The first-order valence-corrected chi connectivity index (χ1v) is 15.8. The molecule has 0 N–H and O–H groups in total. The fraction of sp³-hybridized carbons (Fsp3) is 0. The van der Waals surface area contributed by atoms with Gasteiger partial charge in [-0.3, -0.25) is 0 Å². The van der Waals surface area contributed by atoms with E-state index in [9.17, 15) is 0 Å². The molecule has 0 saturated heterocycles. The maximum absolute atomic E-state index is 2.40. The lowest BCUT2D eigenvalue weighted by Crippen LogP contribution is -2.10. The summed E-state index contributed by atoms with van der Waals surface area (Å²) in [5, 5.41) is 7.58. The van der Waals surface area contributed by atoms with Crippen molar-refractivity contribution in [1.29, 1.82) is 0 Å². The first kappa shape index (κ1) is 26.3. The fourth-order valence-electron chi connectivity index (χ4n) is 6.96. The average Bonchev–Trinajstić information content (AvgIpc) is 3.48. The summed E-state index contributed by atoms with van der Waals surface area (Å²) in [5.74, 6) is 0. The minimum absolute atomic E-state index is 1.11. The van der Waals surface area contributed by atoms with Crippen LogP contribution in [0, 0.1) is 0 Å². The van der Waals surface area contributed by atoms with Crippen molar-refractivity contribution in [2.75, 3.05) is 4.90 Å². The Balaban J connectivity index is 1.19. The first-order chi connectivity index (χ1) is 22.8. The summed E-state index contributed by atoms with van der Waals surface area (Å²) in [5.41, 5.74) is 9.35. The largest absolute Gasteiger partial charge is 0.310 e. The lowest BCUT2D eigenvalue weighted by molar-refractivity contribution is 1.17. The molecule has 0 atom stereocenters. The smallest absolute Gasteiger partial charge is 0.0547 e. The van der Waals surface area contributed by atoms with E-state index >= 15 is 0 Å². The molecule has 0 aliphatic carbocycles. The van der Waals surface area contributed by atoms with Crippen molar-refractivity contribution in [2.45, 2.75) is 0 Å². The van der Waals surface area contributed by atoms with Gasteiger partial charge in [0.05, 0.1) is 11.0 Å². The Morgan fingerprint density at radius 2 is 0.913 bits per heavy atom. The summed E-state index contributed by atoms with van der Waals surface area (Å²) in [4.78, 5) is 2.35. The number of rotatable bonds is 5. The summed E-state index contributed by atoms with van der Waals surface area (Å²) in [6.45, 7) is 0. The van der Waals surface area contributed by atoms with Crippen molar-refractivity contribution in [3.05, 3.63) is 182 Å². The van der Waals surface area contributed by atoms with E-state index in [1.807, 2.05) is 0 Å². The van der Waals surface area contributed by atoms with Gasteiger partial charge < -0.3 is 9.47 Å². The van der Waals surface area contributed by atoms with Gasteiger partial charge in [-0.25, -0.2) is 0 Å². The maximum atomic E-state index is 2.40. The Bertz CT molecular complexity index is 2510. The van der Waals surface area contributed by atoms with Gasteiger partial charge in [0.15, 0.2) is 0 Å². The quantitative estimate of drug-likeness (QED) is 0.195. The van der Waals surface area contributed by atoms with Crippen molar-refractivity contribution >= 4 is 60.4 Å². The number of benzene rings is 8. The fourth-order valence-corrected chi connectivity index (χ4v) is 6.96. The van der Waals surface area contributed by atoms with E-state index in [2.05, 4.69) is 191 Å². The van der Waals surface area contributed by atoms with Crippen LogP contribution in [0.25, 0.3) is 60.2 Å². The molecule has 0 bridgehead atoms. The molecule has 1 heterocycles. The number of hydrogen-bond donors (Lipinski definition) is 0. The second-order valence-electron chi connectivity index (χ2n) is 11.8. The minimum atomic E-state index is 1.11. The van der Waals surface area contributed by atoms with Gasteiger partial charge in [-0.2, -0.15) is 0 Å². The van der Waals surface area contributed by atoms with Crippen LogP contribution in [0.1, 0.15) is 0 Å². The molecule has 0 aliphatic rings. The van der Waals surface area contributed by atoms with E-state index in [-0.39, 0.29) is 0 Å². The van der Waals surface area contributed by atoms with E-state index in [0.717, 1.165) is 22.7 Å². The highest BCUT2D eigenvalue weighted by atomic mass is 15.1. The van der Waals surface area contributed by atoms with Crippen LogP contribution < -0.4 is 4.90 Å². The van der Waals surface area contributed by atoms with Crippen LogP contribution in [0.3, 0.4) is 0 Å². The third kappa shape index (κ3) is 4.35. The molecule has 2 heteroatoms. The number of nitrogens with zero attached hydrogens (tertiary/aromatic N) is 2. The average molecular weight is 587 g/mol. The van der Waals surface area contributed by atoms with Gasteiger partial charge in [-0.1, -0.05) is 121 Å². The second kappa shape index (κ2) is 10.8. The van der Waals surface area contributed by atoms with Crippen LogP contribution in [0.15, 0.2) is 182 Å². The van der Waals surface area contributed by atoms with Gasteiger partial charge in [0, 0.05) is 33.5 Å². The zero-order valence-corrected chi connectivity index (χ0v) is 25.2. The molecule has 2 nitrogen and oxygen atoms in total. The molecule has 8 aromatic carbocycles. The predicted octanol–water partition coefficient (Wildman–Crippen LogP) is 12.2. The van der Waals surface area contributed by atoms with Gasteiger partial charge in [0.25, 0.3) is 0 Å². The van der Waals surface area contributed by atoms with Crippen LogP contribution in [-0.2, 0) is 0 Å². The third-order valence-corrected chi connectivity index (χ3v) is 9.15. The van der Waals surface area contributed by atoms with Crippen LogP contribution in [0.2, 0.25) is 0 Å². The molecule has 0 radical (unpaired) electrons. The molecular formula is C44H30N2. The highest BCUT2D eigenvalue weighted by Crippen LogP contribution is 2.40. The van der Waals surface area contributed by atoms with Crippen molar-refractivity contribution in [3.8, 4) is 16.8 Å². The molecule has 9 rings (SSSR count).